The van der Waals surface area contributed by atoms with E-state index in [0.29, 0.717) is 0 Å². The van der Waals surface area contributed by atoms with Crippen molar-refractivity contribution in [3.05, 3.63) is 23.3 Å². The first-order valence-corrected chi connectivity index (χ1v) is 2.50. The van der Waals surface area contributed by atoms with Crippen molar-refractivity contribution < 1.29 is 0 Å². The largest absolute Gasteiger partial charge is 0.193 e. The van der Waals surface area contributed by atoms with E-state index in [0.717, 1.165) is 6.08 Å². The van der Waals surface area contributed by atoms with Gasteiger partial charge in [0.1, 0.15) is 0 Å². The molecular formula is C6H3ClN2. The van der Waals surface area contributed by atoms with Gasteiger partial charge in [0.2, 0.25) is 0 Å². The third kappa shape index (κ3) is 4.61. The Morgan fingerprint density at radius 2 is 2.00 bits per heavy atom. The van der Waals surface area contributed by atoms with E-state index < -0.39 is 0 Å². The summed E-state index contributed by atoms with van der Waals surface area (Å²) in [4.78, 5) is 0. The first-order chi connectivity index (χ1) is 4.31. The van der Waals surface area contributed by atoms with Crippen LogP contribution < -0.4 is 0 Å². The lowest BCUT2D eigenvalue weighted by Crippen LogP contribution is -1.58. The first-order valence-electron chi connectivity index (χ1n) is 2.12. The zero-order chi connectivity index (χ0) is 7.11. The fraction of sp³-hybridized carbons (Fsp3) is 0. The standard InChI is InChI=1S/C6H3ClN2/c7-6(3-5-9)2-1-4-8/h1-3H/b2-1-,6-3+. The molecule has 0 heterocycles. The molecule has 0 atom stereocenters. The summed E-state index contributed by atoms with van der Waals surface area (Å²) < 4.78 is 0. The highest BCUT2D eigenvalue weighted by Gasteiger charge is 1.79. The quantitative estimate of drug-likeness (QED) is 0.409. The number of nitriles is 2. The second-order valence-corrected chi connectivity index (χ2v) is 1.56. The molecular weight excluding hydrogens is 136 g/mol. The fourth-order valence-electron chi connectivity index (χ4n) is 0.227. The van der Waals surface area contributed by atoms with E-state index in [4.69, 9.17) is 22.1 Å². The van der Waals surface area contributed by atoms with E-state index >= 15 is 0 Å². The van der Waals surface area contributed by atoms with Gasteiger partial charge >= 0.3 is 0 Å². The van der Waals surface area contributed by atoms with Gasteiger partial charge in [-0.3, -0.25) is 0 Å². The maximum Gasteiger partial charge on any atom is 0.0927 e. The zero-order valence-electron chi connectivity index (χ0n) is 4.50. The molecule has 0 aromatic rings. The van der Waals surface area contributed by atoms with Crippen molar-refractivity contribution in [2.75, 3.05) is 0 Å². The Labute approximate surface area is 58.3 Å². The predicted octanol–water partition coefficient (Wildman–Crippen LogP) is 1.71. The molecule has 0 aliphatic heterocycles. The lowest BCUT2D eigenvalue weighted by Gasteiger charge is -1.75. The highest BCUT2D eigenvalue weighted by molar-refractivity contribution is 6.31. The number of hydrogen-bond acceptors (Lipinski definition) is 2. The van der Waals surface area contributed by atoms with Gasteiger partial charge < -0.3 is 0 Å². The molecule has 0 amide bonds. The lowest BCUT2D eigenvalue weighted by molar-refractivity contribution is 1.52. The average Bonchev–Trinajstić information content (AvgIpc) is 1.85. The minimum Gasteiger partial charge on any atom is -0.193 e. The van der Waals surface area contributed by atoms with Gasteiger partial charge in [-0.05, 0) is 6.08 Å². The second-order valence-electron chi connectivity index (χ2n) is 1.12. The molecule has 0 aliphatic rings. The van der Waals surface area contributed by atoms with Crippen LogP contribution in [0.4, 0.5) is 0 Å². The van der Waals surface area contributed by atoms with E-state index in [2.05, 4.69) is 0 Å². The highest BCUT2D eigenvalue weighted by atomic mass is 35.5. The van der Waals surface area contributed by atoms with Gasteiger partial charge in [-0.15, -0.1) is 0 Å². The average molecular weight is 139 g/mol. The van der Waals surface area contributed by atoms with E-state index in [1.165, 1.54) is 12.2 Å². The maximum atomic E-state index is 8.01. The highest BCUT2D eigenvalue weighted by Crippen LogP contribution is 2.00. The van der Waals surface area contributed by atoms with Gasteiger partial charge in [-0.25, -0.2) is 0 Å². The molecule has 0 unspecified atom stereocenters. The summed E-state index contributed by atoms with van der Waals surface area (Å²) in [5.41, 5.74) is 0. The Morgan fingerprint density at radius 3 is 2.44 bits per heavy atom. The van der Waals surface area contributed by atoms with Gasteiger partial charge in [0.05, 0.1) is 17.2 Å². The van der Waals surface area contributed by atoms with Gasteiger partial charge in [0.25, 0.3) is 0 Å². The number of nitrogens with zero attached hydrogens (tertiary/aromatic N) is 2. The van der Waals surface area contributed by atoms with Crippen LogP contribution in [-0.2, 0) is 0 Å². The van der Waals surface area contributed by atoms with Gasteiger partial charge in [0.15, 0.2) is 0 Å². The van der Waals surface area contributed by atoms with Crippen molar-refractivity contribution in [1.82, 2.24) is 0 Å². The third-order valence-electron chi connectivity index (χ3n) is 0.520. The normalized spacial score (nSPS) is 10.8. The number of hydrogen-bond donors (Lipinski definition) is 0. The molecule has 0 fully saturated rings. The minimum absolute atomic E-state index is 0.263. The molecule has 0 saturated carbocycles. The monoisotopic (exact) mass is 138 g/mol. The molecule has 0 saturated heterocycles. The fourth-order valence-corrected chi connectivity index (χ4v) is 0.338. The summed E-state index contributed by atoms with van der Waals surface area (Å²) in [6.07, 6.45) is 3.70. The van der Waals surface area contributed by atoms with Crippen molar-refractivity contribution in [3.63, 3.8) is 0 Å². The van der Waals surface area contributed by atoms with Crippen molar-refractivity contribution in [2.24, 2.45) is 0 Å². The smallest absolute Gasteiger partial charge is 0.0927 e. The van der Waals surface area contributed by atoms with Crippen LogP contribution in [0.5, 0.6) is 0 Å². The lowest BCUT2D eigenvalue weighted by atomic mass is 10.4. The summed E-state index contributed by atoms with van der Waals surface area (Å²) in [7, 11) is 0. The molecule has 9 heavy (non-hydrogen) atoms. The molecule has 0 spiro atoms. The SMILES string of the molecule is N#C/C=C\C(Cl)=C/C#N. The van der Waals surface area contributed by atoms with Crippen molar-refractivity contribution in [1.29, 1.82) is 10.5 Å². The Morgan fingerprint density at radius 1 is 1.33 bits per heavy atom. The topological polar surface area (TPSA) is 47.6 Å². The Balaban J connectivity index is 3.98. The Kier molecular flexibility index (Phi) is 4.22. The molecule has 3 heteroatoms. The van der Waals surface area contributed by atoms with Crippen molar-refractivity contribution in [3.8, 4) is 12.1 Å². The van der Waals surface area contributed by atoms with Crippen LogP contribution in [0.3, 0.4) is 0 Å². The van der Waals surface area contributed by atoms with Crippen molar-refractivity contribution in [2.45, 2.75) is 0 Å². The summed E-state index contributed by atoms with van der Waals surface area (Å²) in [6, 6.07) is 3.46. The molecule has 44 valence electrons. The van der Waals surface area contributed by atoms with E-state index in [1.54, 1.807) is 12.1 Å². The van der Waals surface area contributed by atoms with Gasteiger partial charge in [-0.1, -0.05) is 11.6 Å². The summed E-state index contributed by atoms with van der Waals surface area (Å²) in [6.45, 7) is 0. The maximum absolute atomic E-state index is 8.01. The molecule has 0 rings (SSSR count). The van der Waals surface area contributed by atoms with Crippen LogP contribution in [0.2, 0.25) is 0 Å². The van der Waals surface area contributed by atoms with Crippen LogP contribution in [-0.4, -0.2) is 0 Å². The predicted molar refractivity (Wildman–Crippen MR) is 34.3 cm³/mol. The molecule has 2 nitrogen and oxygen atoms in total. The van der Waals surface area contributed by atoms with Gasteiger partial charge in [-0.2, -0.15) is 10.5 Å². The molecule has 0 aromatic carbocycles. The Hall–Kier alpha value is -1.25. The molecule has 0 N–H and O–H groups in total. The minimum atomic E-state index is 0.263. The summed E-state index contributed by atoms with van der Waals surface area (Å²) in [5, 5.41) is 16.2. The summed E-state index contributed by atoms with van der Waals surface area (Å²) >= 11 is 5.36. The van der Waals surface area contributed by atoms with E-state index in [9.17, 15) is 0 Å². The second kappa shape index (κ2) is 4.90. The molecule has 0 radical (unpaired) electrons. The van der Waals surface area contributed by atoms with Crippen LogP contribution in [0.25, 0.3) is 0 Å². The third-order valence-corrected chi connectivity index (χ3v) is 0.755. The van der Waals surface area contributed by atoms with Crippen LogP contribution in [0, 0.1) is 22.7 Å². The number of rotatable bonds is 1. The number of halogens is 1. The zero-order valence-corrected chi connectivity index (χ0v) is 5.26. The summed E-state index contributed by atoms with van der Waals surface area (Å²) in [5.74, 6) is 0. The van der Waals surface area contributed by atoms with Crippen LogP contribution in [0.15, 0.2) is 23.3 Å². The first kappa shape index (κ1) is 7.75. The molecule has 0 aromatic heterocycles. The van der Waals surface area contributed by atoms with E-state index in [1.807, 2.05) is 0 Å². The van der Waals surface area contributed by atoms with Crippen LogP contribution in [0.1, 0.15) is 0 Å². The van der Waals surface area contributed by atoms with Crippen molar-refractivity contribution >= 4 is 11.6 Å². The van der Waals surface area contributed by atoms with Gasteiger partial charge in [0, 0.05) is 12.2 Å². The van der Waals surface area contributed by atoms with Crippen LogP contribution >= 0.6 is 11.6 Å². The number of allylic oxidation sites excluding steroid dienone is 4. The van der Waals surface area contributed by atoms with E-state index in [-0.39, 0.29) is 5.03 Å². The molecule has 0 bridgehead atoms. The Bertz CT molecular complexity index is 214. The molecule has 0 aliphatic carbocycles.